The van der Waals surface area contributed by atoms with E-state index in [2.05, 4.69) is 22.7 Å². The first-order valence-corrected chi connectivity index (χ1v) is 8.50. The minimum atomic E-state index is -0.169. The van der Waals surface area contributed by atoms with Gasteiger partial charge in [-0.2, -0.15) is 5.10 Å². The molecule has 1 fully saturated rings. The zero-order chi connectivity index (χ0) is 14.4. The van der Waals surface area contributed by atoms with E-state index in [0.717, 1.165) is 36.8 Å². The van der Waals surface area contributed by atoms with E-state index in [9.17, 15) is 0 Å². The van der Waals surface area contributed by atoms with Crippen LogP contribution in [0.5, 0.6) is 0 Å². The van der Waals surface area contributed by atoms with Crippen LogP contribution in [0.4, 0.5) is 0 Å². The number of thiophene rings is 1. The third-order valence-corrected chi connectivity index (χ3v) is 6.01. The number of rotatable bonds is 1. The molecule has 2 aromatic heterocycles. The van der Waals surface area contributed by atoms with E-state index in [1.54, 1.807) is 11.3 Å². The van der Waals surface area contributed by atoms with Gasteiger partial charge < -0.3 is 10.1 Å². The maximum absolute atomic E-state index is 6.29. The molecule has 1 N–H and O–H groups in total. The van der Waals surface area contributed by atoms with Gasteiger partial charge in [0.05, 0.1) is 17.1 Å². The van der Waals surface area contributed by atoms with Gasteiger partial charge in [0.1, 0.15) is 5.60 Å². The van der Waals surface area contributed by atoms with Gasteiger partial charge in [0.25, 0.3) is 0 Å². The van der Waals surface area contributed by atoms with Crippen LogP contribution in [0.15, 0.2) is 18.5 Å². The standard InChI is InChI=1S/C15H18ClN3OS/c1-19-9-11(8-18-19)12-7-15(3-4-17-12)14-10(2-5-20-15)6-13(16)21-14/h6,8-9,12,17H,2-5,7H2,1H3/t12-,15-/m0/s1. The second kappa shape index (κ2) is 5.09. The quantitative estimate of drug-likeness (QED) is 0.876. The van der Waals surface area contributed by atoms with Crippen LogP contribution in [0.3, 0.4) is 0 Å². The van der Waals surface area contributed by atoms with Crippen LogP contribution in [0.25, 0.3) is 0 Å². The Labute approximate surface area is 133 Å². The van der Waals surface area contributed by atoms with Gasteiger partial charge in [0, 0.05) is 36.1 Å². The van der Waals surface area contributed by atoms with Gasteiger partial charge in [0.15, 0.2) is 0 Å². The van der Waals surface area contributed by atoms with E-state index in [0.29, 0.717) is 6.04 Å². The molecule has 0 saturated carbocycles. The highest BCUT2D eigenvalue weighted by molar-refractivity contribution is 7.16. The number of aromatic nitrogens is 2. The van der Waals surface area contributed by atoms with Gasteiger partial charge in [-0.25, -0.2) is 0 Å². The minimum absolute atomic E-state index is 0.169. The SMILES string of the molecule is Cn1cc([C@@H]2C[C@]3(CCN2)OCCc2cc(Cl)sc23)cn1. The highest BCUT2D eigenvalue weighted by Crippen LogP contribution is 2.48. The molecule has 0 radical (unpaired) electrons. The molecule has 2 aliphatic rings. The number of nitrogens with zero attached hydrogens (tertiary/aromatic N) is 2. The van der Waals surface area contributed by atoms with Crippen LogP contribution in [0.1, 0.15) is 34.9 Å². The normalized spacial score (nSPS) is 28.8. The Morgan fingerprint density at radius 2 is 2.48 bits per heavy atom. The molecule has 4 heterocycles. The van der Waals surface area contributed by atoms with E-state index < -0.39 is 0 Å². The van der Waals surface area contributed by atoms with Crippen LogP contribution in [0, 0.1) is 0 Å². The van der Waals surface area contributed by atoms with Crippen LogP contribution in [0.2, 0.25) is 4.34 Å². The molecule has 1 spiro atoms. The smallest absolute Gasteiger partial charge is 0.106 e. The number of hydrogen-bond donors (Lipinski definition) is 1. The molecule has 4 nitrogen and oxygen atoms in total. The van der Waals surface area contributed by atoms with Gasteiger partial charge in [-0.05, 0) is 31.0 Å². The molecule has 4 rings (SSSR count). The van der Waals surface area contributed by atoms with Crippen molar-refractivity contribution in [2.24, 2.45) is 7.05 Å². The Morgan fingerprint density at radius 1 is 1.57 bits per heavy atom. The summed E-state index contributed by atoms with van der Waals surface area (Å²) < 4.78 is 9.02. The van der Waals surface area contributed by atoms with E-state index in [1.165, 1.54) is 16.0 Å². The Kier molecular flexibility index (Phi) is 3.34. The van der Waals surface area contributed by atoms with Gasteiger partial charge in [-0.15, -0.1) is 11.3 Å². The lowest BCUT2D eigenvalue weighted by atomic mass is 9.81. The van der Waals surface area contributed by atoms with Crippen molar-refractivity contribution in [3.8, 4) is 0 Å². The fourth-order valence-corrected chi connectivity index (χ4v) is 5.02. The van der Waals surface area contributed by atoms with Gasteiger partial charge >= 0.3 is 0 Å². The zero-order valence-electron chi connectivity index (χ0n) is 11.9. The topological polar surface area (TPSA) is 39.1 Å². The lowest BCUT2D eigenvalue weighted by Gasteiger charge is -2.43. The summed E-state index contributed by atoms with van der Waals surface area (Å²) in [5, 5.41) is 7.89. The number of ether oxygens (including phenoxy) is 1. The van der Waals surface area contributed by atoms with E-state index >= 15 is 0 Å². The lowest BCUT2D eigenvalue weighted by molar-refractivity contribution is -0.0868. The molecule has 2 aromatic rings. The second-order valence-corrected chi connectivity index (χ2v) is 7.59. The van der Waals surface area contributed by atoms with Gasteiger partial charge in [-0.3, -0.25) is 4.68 Å². The summed E-state index contributed by atoms with van der Waals surface area (Å²) in [6.45, 7) is 1.74. The lowest BCUT2D eigenvalue weighted by Crippen LogP contribution is -2.45. The van der Waals surface area contributed by atoms with Crippen LogP contribution in [-0.2, 0) is 23.8 Å². The molecule has 0 amide bonds. The predicted molar refractivity (Wildman–Crippen MR) is 83.8 cm³/mol. The summed E-state index contributed by atoms with van der Waals surface area (Å²) in [7, 11) is 1.95. The molecule has 0 aromatic carbocycles. The molecule has 21 heavy (non-hydrogen) atoms. The van der Waals surface area contributed by atoms with Gasteiger partial charge in [-0.1, -0.05) is 11.6 Å². The second-order valence-electron chi connectivity index (χ2n) is 5.91. The van der Waals surface area contributed by atoms with Crippen molar-refractivity contribution in [1.29, 1.82) is 0 Å². The molecule has 0 aliphatic carbocycles. The summed E-state index contributed by atoms with van der Waals surface area (Å²) in [6.07, 6.45) is 6.96. The molecule has 1 saturated heterocycles. The third kappa shape index (κ3) is 2.32. The van der Waals surface area contributed by atoms with Crippen LogP contribution in [-0.4, -0.2) is 22.9 Å². The van der Waals surface area contributed by atoms with Crippen molar-refractivity contribution in [2.45, 2.75) is 30.9 Å². The monoisotopic (exact) mass is 323 g/mol. The largest absolute Gasteiger partial charge is 0.369 e. The number of nitrogens with one attached hydrogen (secondary N) is 1. The number of halogens is 1. The molecule has 0 bridgehead atoms. The van der Waals surface area contributed by atoms with Crippen molar-refractivity contribution < 1.29 is 4.74 Å². The summed E-state index contributed by atoms with van der Waals surface area (Å²) in [6, 6.07) is 2.41. The Hall–Kier alpha value is -0.880. The molecule has 2 aliphatic heterocycles. The average molecular weight is 324 g/mol. The maximum Gasteiger partial charge on any atom is 0.106 e. The number of aryl methyl sites for hydroxylation is 1. The van der Waals surface area contributed by atoms with Crippen molar-refractivity contribution in [3.05, 3.63) is 38.8 Å². The molecular weight excluding hydrogens is 306 g/mol. The first kappa shape index (κ1) is 13.8. The summed E-state index contributed by atoms with van der Waals surface area (Å²) in [5.74, 6) is 0. The summed E-state index contributed by atoms with van der Waals surface area (Å²) in [5.41, 5.74) is 2.44. The van der Waals surface area contributed by atoms with E-state index in [4.69, 9.17) is 16.3 Å². The highest BCUT2D eigenvalue weighted by Gasteiger charge is 2.44. The number of fused-ring (bicyclic) bond motifs is 2. The Bertz CT molecular complexity index is 668. The van der Waals surface area contributed by atoms with Crippen LogP contribution >= 0.6 is 22.9 Å². The van der Waals surface area contributed by atoms with Gasteiger partial charge in [0.2, 0.25) is 0 Å². The third-order valence-electron chi connectivity index (χ3n) is 4.52. The van der Waals surface area contributed by atoms with Crippen molar-refractivity contribution in [2.75, 3.05) is 13.2 Å². The summed E-state index contributed by atoms with van der Waals surface area (Å²) >= 11 is 7.93. The summed E-state index contributed by atoms with van der Waals surface area (Å²) in [4.78, 5) is 1.34. The predicted octanol–water partition coefficient (Wildman–Crippen LogP) is 3.03. The number of piperidine rings is 1. The average Bonchev–Trinajstić information content (AvgIpc) is 3.06. The van der Waals surface area contributed by atoms with Crippen molar-refractivity contribution >= 4 is 22.9 Å². The van der Waals surface area contributed by atoms with E-state index in [1.807, 2.05) is 17.9 Å². The maximum atomic E-state index is 6.29. The van der Waals surface area contributed by atoms with E-state index in [-0.39, 0.29) is 5.60 Å². The molecule has 0 unspecified atom stereocenters. The zero-order valence-corrected chi connectivity index (χ0v) is 13.5. The minimum Gasteiger partial charge on any atom is -0.369 e. The molecule has 112 valence electrons. The highest BCUT2D eigenvalue weighted by atomic mass is 35.5. The first-order valence-electron chi connectivity index (χ1n) is 7.31. The Balaban J connectivity index is 1.69. The van der Waals surface area contributed by atoms with Crippen molar-refractivity contribution in [1.82, 2.24) is 15.1 Å². The number of hydrogen-bond acceptors (Lipinski definition) is 4. The first-order chi connectivity index (χ1) is 10.2. The molecule has 2 atom stereocenters. The van der Waals surface area contributed by atoms with Crippen LogP contribution < -0.4 is 5.32 Å². The fraction of sp³-hybridized carbons (Fsp3) is 0.533. The van der Waals surface area contributed by atoms with Crippen molar-refractivity contribution in [3.63, 3.8) is 0 Å². The molecular formula is C15H18ClN3OS. The Morgan fingerprint density at radius 3 is 3.29 bits per heavy atom. The molecule has 6 heteroatoms. The fourth-order valence-electron chi connectivity index (χ4n) is 3.53.